The van der Waals surface area contributed by atoms with Gasteiger partial charge in [-0.25, -0.2) is 14.4 Å². The van der Waals surface area contributed by atoms with Crippen molar-refractivity contribution in [3.05, 3.63) is 46.2 Å². The van der Waals surface area contributed by atoms with Crippen LogP contribution in [0.5, 0.6) is 0 Å². The smallest absolute Gasteiger partial charge is 0.161 e. The first kappa shape index (κ1) is 15.0. The fourth-order valence-corrected chi connectivity index (χ4v) is 3.53. The maximum atomic E-state index is 13.9. The second-order valence-corrected chi connectivity index (χ2v) is 6.32. The van der Waals surface area contributed by atoms with Crippen molar-refractivity contribution >= 4 is 35.0 Å². The number of hydrogen-bond donors (Lipinski definition) is 0. The molecule has 0 spiro atoms. The van der Waals surface area contributed by atoms with E-state index < -0.39 is 5.82 Å². The summed E-state index contributed by atoms with van der Waals surface area (Å²) in [6, 6.07) is 6.25. The number of aromatic nitrogens is 2. The van der Waals surface area contributed by atoms with E-state index in [0.717, 1.165) is 11.5 Å². The number of nitrogens with zero attached hydrogens (tertiary/aromatic N) is 2. The lowest BCUT2D eigenvalue weighted by atomic mass is 10.1. The minimum Gasteiger partial charge on any atom is -0.368 e. The molecule has 0 saturated carbocycles. The SMILES string of the molecule is Fc1ccccc1-c1c(Cl)nc(C2CSCCO2)nc1Cl. The third-order valence-electron chi connectivity index (χ3n) is 3.09. The average molecular weight is 345 g/mol. The second-order valence-electron chi connectivity index (χ2n) is 4.45. The fourth-order valence-electron chi connectivity index (χ4n) is 2.09. The molecule has 0 bridgehead atoms. The Kier molecular flexibility index (Phi) is 4.64. The van der Waals surface area contributed by atoms with Crippen molar-refractivity contribution in [2.45, 2.75) is 6.10 Å². The highest BCUT2D eigenvalue weighted by molar-refractivity contribution is 7.99. The van der Waals surface area contributed by atoms with E-state index in [-0.39, 0.29) is 22.0 Å². The van der Waals surface area contributed by atoms with Gasteiger partial charge in [0, 0.05) is 17.1 Å². The van der Waals surface area contributed by atoms with E-state index in [1.165, 1.54) is 6.07 Å². The summed E-state index contributed by atoms with van der Waals surface area (Å²) in [6.07, 6.45) is -0.228. The predicted molar refractivity (Wildman–Crippen MR) is 83.5 cm³/mol. The van der Waals surface area contributed by atoms with Crippen LogP contribution in [0.3, 0.4) is 0 Å². The number of rotatable bonds is 2. The van der Waals surface area contributed by atoms with Crippen LogP contribution in [-0.4, -0.2) is 28.1 Å². The third kappa shape index (κ3) is 3.16. The van der Waals surface area contributed by atoms with Crippen molar-refractivity contribution in [1.82, 2.24) is 9.97 Å². The van der Waals surface area contributed by atoms with Crippen LogP contribution < -0.4 is 0 Å². The van der Waals surface area contributed by atoms with Crippen LogP contribution in [0.2, 0.25) is 10.3 Å². The van der Waals surface area contributed by atoms with Crippen LogP contribution in [0.25, 0.3) is 11.1 Å². The molecule has 1 unspecified atom stereocenters. The number of benzene rings is 1. The molecule has 3 nitrogen and oxygen atoms in total. The van der Waals surface area contributed by atoms with Gasteiger partial charge in [0.2, 0.25) is 0 Å². The van der Waals surface area contributed by atoms with Gasteiger partial charge in [-0.05, 0) is 6.07 Å². The van der Waals surface area contributed by atoms with Gasteiger partial charge in [0.1, 0.15) is 22.2 Å². The summed E-state index contributed by atoms with van der Waals surface area (Å²) in [5, 5.41) is 0.267. The van der Waals surface area contributed by atoms with Crippen molar-refractivity contribution in [1.29, 1.82) is 0 Å². The van der Waals surface area contributed by atoms with E-state index in [4.69, 9.17) is 27.9 Å². The molecular formula is C14H11Cl2FN2OS. The highest BCUT2D eigenvalue weighted by atomic mass is 35.5. The summed E-state index contributed by atoms with van der Waals surface area (Å²) in [4.78, 5) is 8.48. The summed E-state index contributed by atoms with van der Waals surface area (Å²) < 4.78 is 19.5. The first-order chi connectivity index (χ1) is 10.2. The Labute approximate surface area is 135 Å². The lowest BCUT2D eigenvalue weighted by molar-refractivity contribution is 0.0694. The number of halogens is 3. The molecule has 0 aliphatic carbocycles. The lowest BCUT2D eigenvalue weighted by Gasteiger charge is -2.21. The molecule has 0 radical (unpaired) electrons. The molecule has 1 aliphatic rings. The Morgan fingerprint density at radius 3 is 2.52 bits per heavy atom. The maximum Gasteiger partial charge on any atom is 0.161 e. The number of hydrogen-bond acceptors (Lipinski definition) is 4. The van der Waals surface area contributed by atoms with Crippen molar-refractivity contribution in [2.75, 3.05) is 18.1 Å². The zero-order chi connectivity index (χ0) is 14.8. The summed E-state index contributed by atoms with van der Waals surface area (Å²) in [6.45, 7) is 0.642. The molecule has 2 heterocycles. The number of ether oxygens (including phenoxy) is 1. The van der Waals surface area contributed by atoms with Gasteiger partial charge >= 0.3 is 0 Å². The van der Waals surface area contributed by atoms with Crippen LogP contribution in [-0.2, 0) is 4.74 Å². The summed E-state index contributed by atoms with van der Waals surface area (Å²) >= 11 is 14.2. The number of thioether (sulfide) groups is 1. The standard InChI is InChI=1S/C14H11Cl2FN2OS/c15-12-11(8-3-1-2-4-9(8)17)13(16)19-14(18-12)10-7-21-6-5-20-10/h1-4,10H,5-7H2. The van der Waals surface area contributed by atoms with Crippen molar-refractivity contribution < 1.29 is 9.13 Å². The third-order valence-corrected chi connectivity index (χ3v) is 4.63. The maximum absolute atomic E-state index is 13.9. The quantitative estimate of drug-likeness (QED) is 0.756. The molecule has 21 heavy (non-hydrogen) atoms. The van der Waals surface area contributed by atoms with Crippen LogP contribution in [0.4, 0.5) is 4.39 Å². The molecule has 1 atom stereocenters. The molecule has 1 aromatic heterocycles. The normalized spacial score (nSPS) is 18.7. The van der Waals surface area contributed by atoms with E-state index in [9.17, 15) is 4.39 Å². The van der Waals surface area contributed by atoms with E-state index in [2.05, 4.69) is 9.97 Å². The van der Waals surface area contributed by atoms with Gasteiger partial charge in [-0.1, -0.05) is 41.4 Å². The first-order valence-electron chi connectivity index (χ1n) is 6.34. The van der Waals surface area contributed by atoms with E-state index in [1.54, 1.807) is 30.0 Å². The Morgan fingerprint density at radius 1 is 1.19 bits per heavy atom. The van der Waals surface area contributed by atoms with Crippen molar-refractivity contribution in [2.24, 2.45) is 0 Å². The van der Waals surface area contributed by atoms with Crippen LogP contribution >= 0.6 is 35.0 Å². The van der Waals surface area contributed by atoms with Crippen molar-refractivity contribution in [3.63, 3.8) is 0 Å². The van der Waals surface area contributed by atoms with Crippen molar-refractivity contribution in [3.8, 4) is 11.1 Å². The molecular weight excluding hydrogens is 334 g/mol. The van der Waals surface area contributed by atoms with E-state index >= 15 is 0 Å². The van der Waals surface area contributed by atoms with Gasteiger partial charge in [0.05, 0.1) is 12.2 Å². The van der Waals surface area contributed by atoms with Gasteiger partial charge < -0.3 is 4.74 Å². The molecule has 7 heteroatoms. The zero-order valence-corrected chi connectivity index (χ0v) is 13.2. The lowest BCUT2D eigenvalue weighted by Crippen LogP contribution is -2.18. The summed E-state index contributed by atoms with van der Waals surface area (Å²) in [5.74, 6) is 1.73. The first-order valence-corrected chi connectivity index (χ1v) is 8.25. The van der Waals surface area contributed by atoms with Crippen LogP contribution in [0.15, 0.2) is 24.3 Å². The Morgan fingerprint density at radius 2 is 1.90 bits per heavy atom. The molecule has 3 rings (SSSR count). The largest absolute Gasteiger partial charge is 0.368 e. The summed E-state index contributed by atoms with van der Waals surface area (Å²) in [5.41, 5.74) is 0.599. The fraction of sp³-hybridized carbons (Fsp3) is 0.286. The zero-order valence-electron chi connectivity index (χ0n) is 10.9. The van der Waals surface area contributed by atoms with E-state index in [1.807, 2.05) is 0 Å². The predicted octanol–water partition coefficient (Wildman–Crippen LogP) is 4.39. The van der Waals surface area contributed by atoms with Gasteiger partial charge in [0.25, 0.3) is 0 Å². The highest BCUT2D eigenvalue weighted by Gasteiger charge is 2.23. The Bertz CT molecular complexity index is 642. The topological polar surface area (TPSA) is 35.0 Å². The molecule has 1 saturated heterocycles. The molecule has 110 valence electrons. The Hall–Kier alpha value is -0.880. The monoisotopic (exact) mass is 344 g/mol. The highest BCUT2D eigenvalue weighted by Crippen LogP contribution is 2.35. The van der Waals surface area contributed by atoms with Crippen LogP contribution in [0.1, 0.15) is 11.9 Å². The van der Waals surface area contributed by atoms with Gasteiger partial charge in [-0.15, -0.1) is 0 Å². The molecule has 0 amide bonds. The van der Waals surface area contributed by atoms with E-state index in [0.29, 0.717) is 18.0 Å². The van der Waals surface area contributed by atoms with Gasteiger partial charge in [0.15, 0.2) is 5.82 Å². The summed E-state index contributed by atoms with van der Waals surface area (Å²) in [7, 11) is 0. The molecule has 1 aliphatic heterocycles. The molecule has 1 fully saturated rings. The Balaban J connectivity index is 2.02. The molecule has 2 aromatic rings. The minimum atomic E-state index is -0.415. The van der Waals surface area contributed by atoms with Crippen LogP contribution in [0, 0.1) is 5.82 Å². The van der Waals surface area contributed by atoms with Gasteiger partial charge in [-0.2, -0.15) is 11.8 Å². The molecule has 0 N–H and O–H groups in total. The minimum absolute atomic E-state index is 0.134. The second kappa shape index (κ2) is 6.48. The van der Waals surface area contributed by atoms with Gasteiger partial charge in [-0.3, -0.25) is 0 Å². The average Bonchev–Trinajstić information content (AvgIpc) is 2.49. The molecule has 1 aromatic carbocycles.